The minimum absolute atomic E-state index is 0.0181. The van der Waals surface area contributed by atoms with E-state index in [1.54, 1.807) is 31.4 Å². The molecule has 1 unspecified atom stereocenters. The smallest absolute Gasteiger partial charge is 0.290 e. The Morgan fingerprint density at radius 3 is 2.62 bits per heavy atom. The molecule has 0 fully saturated rings. The lowest BCUT2D eigenvalue weighted by molar-refractivity contribution is -0.129. The number of para-hydroxylation sites is 1. The average Bonchev–Trinajstić information content (AvgIpc) is 3.46. The van der Waals surface area contributed by atoms with E-state index in [-0.39, 0.29) is 11.3 Å². The first-order valence-corrected chi connectivity index (χ1v) is 12.6. The van der Waals surface area contributed by atoms with E-state index < -0.39 is 23.5 Å². The van der Waals surface area contributed by atoms with Gasteiger partial charge in [0.15, 0.2) is 22.9 Å². The van der Waals surface area contributed by atoms with Crippen LogP contribution in [0.5, 0.6) is 11.5 Å². The van der Waals surface area contributed by atoms with E-state index >= 15 is 0 Å². The molecule has 1 atom stereocenters. The zero-order valence-corrected chi connectivity index (χ0v) is 21.5. The van der Waals surface area contributed by atoms with Crippen LogP contribution in [0.3, 0.4) is 0 Å². The number of benzene rings is 2. The molecule has 1 aromatic heterocycles. The van der Waals surface area contributed by atoms with Crippen molar-refractivity contribution in [1.29, 1.82) is 0 Å². The fourth-order valence-corrected chi connectivity index (χ4v) is 4.60. The van der Waals surface area contributed by atoms with E-state index in [9.17, 15) is 14.7 Å². The molecule has 0 spiro atoms. The summed E-state index contributed by atoms with van der Waals surface area (Å²) in [5, 5.41) is 11.6. The largest absolute Gasteiger partial charge is 0.503 e. The van der Waals surface area contributed by atoms with Crippen molar-refractivity contribution in [2.24, 2.45) is 0 Å². The van der Waals surface area contributed by atoms with Crippen LogP contribution < -0.4 is 9.47 Å². The number of amides is 1. The Morgan fingerprint density at radius 1 is 1.05 bits per heavy atom. The number of Topliss-reactive ketones (excluding diaryl/α,β-unsaturated/α-hetero) is 1. The summed E-state index contributed by atoms with van der Waals surface area (Å²) in [7, 11) is 3.11. The van der Waals surface area contributed by atoms with Gasteiger partial charge in [0.1, 0.15) is 5.75 Å². The van der Waals surface area contributed by atoms with E-state index in [4.69, 9.17) is 18.6 Å². The predicted molar refractivity (Wildman–Crippen MR) is 139 cm³/mol. The molecule has 1 aliphatic heterocycles. The fraction of sp³-hybridized carbons (Fsp3) is 0.379. The molecule has 8 heteroatoms. The number of ketones is 1. The van der Waals surface area contributed by atoms with Crippen molar-refractivity contribution in [2.75, 3.05) is 34.0 Å². The van der Waals surface area contributed by atoms with Gasteiger partial charge in [0, 0.05) is 25.6 Å². The summed E-state index contributed by atoms with van der Waals surface area (Å²) >= 11 is 0. The molecule has 0 saturated heterocycles. The third-order valence-electron chi connectivity index (χ3n) is 6.44. The number of methoxy groups -OCH3 is 2. The molecule has 37 heavy (non-hydrogen) atoms. The van der Waals surface area contributed by atoms with Gasteiger partial charge < -0.3 is 28.6 Å². The highest BCUT2D eigenvalue weighted by molar-refractivity contribution is 6.16. The van der Waals surface area contributed by atoms with Crippen LogP contribution >= 0.6 is 0 Å². The quantitative estimate of drug-likeness (QED) is 0.237. The van der Waals surface area contributed by atoms with Gasteiger partial charge in [-0.3, -0.25) is 9.59 Å². The molecule has 2 heterocycles. The molecule has 1 N–H and O–H groups in total. The molecule has 0 aliphatic carbocycles. The zero-order valence-electron chi connectivity index (χ0n) is 21.5. The van der Waals surface area contributed by atoms with Gasteiger partial charge in [0.25, 0.3) is 5.91 Å². The number of furan rings is 1. The van der Waals surface area contributed by atoms with Crippen molar-refractivity contribution in [1.82, 2.24) is 4.90 Å². The first kappa shape index (κ1) is 26.3. The third kappa shape index (κ3) is 5.49. The Kier molecular flexibility index (Phi) is 8.50. The molecule has 8 nitrogen and oxygen atoms in total. The van der Waals surface area contributed by atoms with Crippen molar-refractivity contribution in [3.05, 3.63) is 71.2 Å². The van der Waals surface area contributed by atoms with Gasteiger partial charge in [0.2, 0.25) is 5.78 Å². The topological polar surface area (TPSA) is 98.4 Å². The van der Waals surface area contributed by atoms with Crippen LogP contribution in [0.4, 0.5) is 0 Å². The van der Waals surface area contributed by atoms with E-state index in [2.05, 4.69) is 6.92 Å². The van der Waals surface area contributed by atoms with E-state index in [1.165, 1.54) is 12.0 Å². The van der Waals surface area contributed by atoms with Crippen LogP contribution in [0, 0.1) is 0 Å². The van der Waals surface area contributed by atoms with E-state index in [0.29, 0.717) is 54.2 Å². The number of aliphatic hydroxyl groups is 1. The summed E-state index contributed by atoms with van der Waals surface area (Å²) in [6, 6.07) is 13.5. The van der Waals surface area contributed by atoms with Crippen molar-refractivity contribution in [3.63, 3.8) is 0 Å². The van der Waals surface area contributed by atoms with E-state index in [1.807, 2.05) is 24.3 Å². The maximum absolute atomic E-state index is 13.8. The Balaban J connectivity index is 1.71. The number of unbranched alkanes of at least 4 members (excludes halogenated alkanes) is 2. The van der Waals surface area contributed by atoms with Crippen LogP contribution in [-0.2, 0) is 9.53 Å². The summed E-state index contributed by atoms with van der Waals surface area (Å²) in [5.41, 5.74) is 1.07. The molecule has 4 rings (SSSR count). The first-order valence-electron chi connectivity index (χ1n) is 12.6. The Labute approximate surface area is 216 Å². The van der Waals surface area contributed by atoms with Crippen molar-refractivity contribution >= 4 is 22.7 Å². The van der Waals surface area contributed by atoms with Crippen LogP contribution in [0.15, 0.2) is 64.3 Å². The molecule has 0 bridgehead atoms. The van der Waals surface area contributed by atoms with Gasteiger partial charge in [0.05, 0.1) is 25.3 Å². The number of hydrogen-bond acceptors (Lipinski definition) is 7. The molecule has 1 aliphatic rings. The number of fused-ring (bicyclic) bond motifs is 1. The monoisotopic (exact) mass is 507 g/mol. The molecular weight excluding hydrogens is 474 g/mol. The van der Waals surface area contributed by atoms with Gasteiger partial charge in [-0.25, -0.2) is 0 Å². The van der Waals surface area contributed by atoms with E-state index in [0.717, 1.165) is 19.3 Å². The number of ether oxygens (including phenoxy) is 3. The second-order valence-corrected chi connectivity index (χ2v) is 8.96. The maximum Gasteiger partial charge on any atom is 0.290 e. The molecule has 0 radical (unpaired) electrons. The van der Waals surface area contributed by atoms with Crippen LogP contribution in [0.2, 0.25) is 0 Å². The first-order chi connectivity index (χ1) is 18.0. The fourth-order valence-electron chi connectivity index (χ4n) is 4.60. The highest BCUT2D eigenvalue weighted by Gasteiger charge is 2.44. The lowest BCUT2D eigenvalue weighted by atomic mass is 9.94. The van der Waals surface area contributed by atoms with Gasteiger partial charge in [-0.15, -0.1) is 0 Å². The number of carbonyl (C=O) groups is 2. The highest BCUT2D eigenvalue weighted by Crippen LogP contribution is 2.41. The standard InChI is InChI=1S/C29H33NO7/c1-4-5-6-16-36-21-12-7-10-19(17-21)25-24(27(32)29(33)30(25)14-9-15-34-2)26(31)23-18-20-11-8-13-22(35-3)28(20)37-23/h7-8,10-13,17-18,25,32H,4-6,9,14-16H2,1-3H3. The Bertz CT molecular complexity index is 1290. The summed E-state index contributed by atoms with van der Waals surface area (Å²) in [6.07, 6.45) is 3.64. The summed E-state index contributed by atoms with van der Waals surface area (Å²) in [5.74, 6) is -0.587. The van der Waals surface area contributed by atoms with Crippen LogP contribution in [0.1, 0.15) is 54.8 Å². The molecular formula is C29H33NO7. The number of carbonyl (C=O) groups excluding carboxylic acids is 2. The second-order valence-electron chi connectivity index (χ2n) is 8.96. The molecule has 2 aromatic carbocycles. The molecule has 0 saturated carbocycles. The van der Waals surface area contributed by atoms with Crippen LogP contribution in [0.25, 0.3) is 11.0 Å². The predicted octanol–water partition coefficient (Wildman–Crippen LogP) is 5.63. The number of nitrogens with zero attached hydrogens (tertiary/aromatic N) is 1. The molecule has 3 aromatic rings. The van der Waals surface area contributed by atoms with Crippen molar-refractivity contribution in [3.8, 4) is 11.5 Å². The van der Waals surface area contributed by atoms with Crippen molar-refractivity contribution in [2.45, 2.75) is 38.6 Å². The molecule has 1 amide bonds. The van der Waals surface area contributed by atoms with Gasteiger partial charge in [-0.2, -0.15) is 0 Å². The maximum atomic E-state index is 13.8. The third-order valence-corrected chi connectivity index (χ3v) is 6.44. The van der Waals surface area contributed by atoms with Gasteiger partial charge in [-0.1, -0.05) is 44.0 Å². The normalized spacial score (nSPS) is 15.6. The average molecular weight is 508 g/mol. The summed E-state index contributed by atoms with van der Waals surface area (Å²) < 4.78 is 22.3. The minimum Gasteiger partial charge on any atom is -0.503 e. The SMILES string of the molecule is CCCCCOc1cccc(C2C(C(=O)c3cc4cccc(OC)c4o3)=C(O)C(=O)N2CCCOC)c1. The number of aliphatic hydroxyl groups excluding tert-OH is 1. The molecule has 196 valence electrons. The second kappa shape index (κ2) is 12.0. The summed E-state index contributed by atoms with van der Waals surface area (Å²) in [6.45, 7) is 3.44. The lowest BCUT2D eigenvalue weighted by Gasteiger charge is -2.27. The number of hydrogen-bond donors (Lipinski definition) is 1. The zero-order chi connectivity index (χ0) is 26.4. The number of rotatable bonds is 13. The Morgan fingerprint density at radius 2 is 1.86 bits per heavy atom. The highest BCUT2D eigenvalue weighted by atomic mass is 16.5. The van der Waals surface area contributed by atoms with Crippen molar-refractivity contribution < 1.29 is 33.3 Å². The lowest BCUT2D eigenvalue weighted by Crippen LogP contribution is -2.32. The van der Waals surface area contributed by atoms with Gasteiger partial charge in [-0.05, 0) is 42.7 Å². The van der Waals surface area contributed by atoms with Crippen LogP contribution in [-0.4, -0.2) is 55.7 Å². The van der Waals surface area contributed by atoms with Gasteiger partial charge >= 0.3 is 0 Å². The minimum atomic E-state index is -0.800. The summed E-state index contributed by atoms with van der Waals surface area (Å²) in [4.78, 5) is 28.4. The Hall–Kier alpha value is -3.78.